The van der Waals surface area contributed by atoms with Crippen LogP contribution in [-0.4, -0.2) is 44.1 Å². The van der Waals surface area contributed by atoms with Gasteiger partial charge in [0.05, 0.1) is 13.2 Å². The molecule has 1 saturated heterocycles. The number of carbonyl (C=O) groups is 1. The van der Waals surface area contributed by atoms with Crippen molar-refractivity contribution >= 4 is 5.91 Å². The van der Waals surface area contributed by atoms with Gasteiger partial charge in [0.25, 0.3) is 0 Å². The highest BCUT2D eigenvalue weighted by Gasteiger charge is 2.24. The number of ether oxygens (including phenoxy) is 1. The molecule has 1 aliphatic heterocycles. The number of hydrogen-bond donors (Lipinski definition) is 1. The summed E-state index contributed by atoms with van der Waals surface area (Å²) in [5.74, 6) is -0.133. The number of benzene rings is 1. The summed E-state index contributed by atoms with van der Waals surface area (Å²) in [6, 6.07) is 6.25. The van der Waals surface area contributed by atoms with E-state index in [0.29, 0.717) is 32.7 Å². The smallest absolute Gasteiger partial charge is 0.224 e. The molecule has 1 atom stereocenters. The number of hydrogen-bond acceptors (Lipinski definition) is 3. The fourth-order valence-electron chi connectivity index (χ4n) is 2.14. The molecular formula is C14H19FN2O2. The summed E-state index contributed by atoms with van der Waals surface area (Å²) < 4.78 is 18.5. The maximum Gasteiger partial charge on any atom is 0.224 e. The van der Waals surface area contributed by atoms with Gasteiger partial charge in [0.2, 0.25) is 5.91 Å². The second-order valence-electron chi connectivity index (χ2n) is 4.60. The molecule has 0 saturated carbocycles. The molecule has 0 bridgehead atoms. The average Bonchev–Trinajstić information content (AvgIpc) is 2.45. The topological polar surface area (TPSA) is 41.6 Å². The molecule has 1 aromatic carbocycles. The Kier molecular flexibility index (Phi) is 4.87. The predicted octanol–water partition coefficient (Wildman–Crippen LogP) is 1.34. The van der Waals surface area contributed by atoms with Crippen LogP contribution in [0.5, 0.6) is 0 Å². The van der Waals surface area contributed by atoms with Crippen LogP contribution in [0, 0.1) is 5.82 Å². The van der Waals surface area contributed by atoms with E-state index in [1.807, 2.05) is 11.9 Å². The standard InChI is InChI=1S/C14H19FN2O2/c1-16-7-6-14(18)17-8-9-19-13(10-17)11-2-4-12(15)5-3-11/h2-5,13,16H,6-10H2,1H3. The zero-order chi connectivity index (χ0) is 13.7. The Labute approximate surface area is 112 Å². The molecule has 1 aromatic rings. The van der Waals surface area contributed by atoms with E-state index in [0.717, 1.165) is 5.56 Å². The molecule has 2 rings (SSSR count). The Morgan fingerprint density at radius 2 is 2.21 bits per heavy atom. The highest BCUT2D eigenvalue weighted by molar-refractivity contribution is 5.76. The summed E-state index contributed by atoms with van der Waals surface area (Å²) in [7, 11) is 1.83. The van der Waals surface area contributed by atoms with Crippen LogP contribution >= 0.6 is 0 Å². The number of morpholine rings is 1. The van der Waals surface area contributed by atoms with Gasteiger partial charge in [-0.2, -0.15) is 0 Å². The molecule has 5 heteroatoms. The normalized spacial score (nSPS) is 19.5. The molecule has 0 spiro atoms. The quantitative estimate of drug-likeness (QED) is 0.894. The molecule has 1 aliphatic rings. The zero-order valence-electron chi connectivity index (χ0n) is 11.1. The van der Waals surface area contributed by atoms with Gasteiger partial charge >= 0.3 is 0 Å². The van der Waals surface area contributed by atoms with Gasteiger partial charge in [0, 0.05) is 19.5 Å². The zero-order valence-corrected chi connectivity index (χ0v) is 11.1. The molecular weight excluding hydrogens is 247 g/mol. The number of nitrogens with zero attached hydrogens (tertiary/aromatic N) is 1. The minimum Gasteiger partial charge on any atom is -0.370 e. The van der Waals surface area contributed by atoms with Crippen LogP contribution in [0.2, 0.25) is 0 Å². The number of rotatable bonds is 4. The van der Waals surface area contributed by atoms with Crippen molar-refractivity contribution in [2.24, 2.45) is 0 Å². The Hall–Kier alpha value is -1.46. The van der Waals surface area contributed by atoms with E-state index >= 15 is 0 Å². The van der Waals surface area contributed by atoms with Gasteiger partial charge in [-0.05, 0) is 24.7 Å². The van der Waals surface area contributed by atoms with Crippen molar-refractivity contribution in [2.75, 3.05) is 33.3 Å². The van der Waals surface area contributed by atoms with E-state index in [1.165, 1.54) is 12.1 Å². The van der Waals surface area contributed by atoms with Crippen molar-refractivity contribution < 1.29 is 13.9 Å². The largest absolute Gasteiger partial charge is 0.370 e. The Morgan fingerprint density at radius 3 is 2.89 bits per heavy atom. The lowest BCUT2D eigenvalue weighted by molar-refractivity contribution is -0.138. The third-order valence-corrected chi connectivity index (χ3v) is 3.25. The van der Waals surface area contributed by atoms with Crippen LogP contribution in [0.1, 0.15) is 18.1 Å². The van der Waals surface area contributed by atoms with E-state index in [4.69, 9.17) is 4.74 Å². The average molecular weight is 266 g/mol. The molecule has 4 nitrogen and oxygen atoms in total. The van der Waals surface area contributed by atoms with Crippen LogP contribution in [-0.2, 0) is 9.53 Å². The van der Waals surface area contributed by atoms with E-state index in [2.05, 4.69) is 5.32 Å². The number of carbonyl (C=O) groups excluding carboxylic acids is 1. The van der Waals surface area contributed by atoms with Crippen molar-refractivity contribution in [3.05, 3.63) is 35.6 Å². The Morgan fingerprint density at radius 1 is 1.47 bits per heavy atom. The highest BCUT2D eigenvalue weighted by atomic mass is 19.1. The summed E-state index contributed by atoms with van der Waals surface area (Å²) in [6.07, 6.45) is 0.333. The third-order valence-electron chi connectivity index (χ3n) is 3.25. The molecule has 0 aromatic heterocycles. The van der Waals surface area contributed by atoms with Crippen molar-refractivity contribution in [1.82, 2.24) is 10.2 Å². The first-order valence-electron chi connectivity index (χ1n) is 6.50. The third kappa shape index (κ3) is 3.75. The molecule has 1 amide bonds. The van der Waals surface area contributed by atoms with Gasteiger partial charge in [-0.3, -0.25) is 4.79 Å². The minimum atomic E-state index is -0.262. The lowest BCUT2D eigenvalue weighted by Crippen LogP contribution is -2.42. The summed E-state index contributed by atoms with van der Waals surface area (Å²) >= 11 is 0. The van der Waals surface area contributed by atoms with Crippen molar-refractivity contribution in [1.29, 1.82) is 0 Å². The van der Waals surface area contributed by atoms with Crippen LogP contribution < -0.4 is 5.32 Å². The first-order valence-corrected chi connectivity index (χ1v) is 6.50. The second kappa shape index (κ2) is 6.63. The maximum absolute atomic E-state index is 12.9. The maximum atomic E-state index is 12.9. The minimum absolute atomic E-state index is 0.129. The molecule has 104 valence electrons. The summed E-state index contributed by atoms with van der Waals surface area (Å²) in [5.41, 5.74) is 0.910. The first-order chi connectivity index (χ1) is 9.20. The molecule has 1 fully saturated rings. The summed E-state index contributed by atoms with van der Waals surface area (Å²) in [4.78, 5) is 13.8. The van der Waals surface area contributed by atoms with Crippen molar-refractivity contribution in [3.8, 4) is 0 Å². The van der Waals surface area contributed by atoms with Crippen LogP contribution in [0.3, 0.4) is 0 Å². The molecule has 1 unspecified atom stereocenters. The highest BCUT2D eigenvalue weighted by Crippen LogP contribution is 2.22. The van der Waals surface area contributed by atoms with Gasteiger partial charge in [0.1, 0.15) is 11.9 Å². The van der Waals surface area contributed by atoms with E-state index in [1.54, 1.807) is 12.1 Å². The van der Waals surface area contributed by atoms with Crippen LogP contribution in [0.25, 0.3) is 0 Å². The van der Waals surface area contributed by atoms with Gasteiger partial charge in [-0.1, -0.05) is 12.1 Å². The van der Waals surface area contributed by atoms with Crippen LogP contribution in [0.15, 0.2) is 24.3 Å². The lowest BCUT2D eigenvalue weighted by atomic mass is 10.1. The number of nitrogens with one attached hydrogen (secondary N) is 1. The second-order valence-corrected chi connectivity index (χ2v) is 4.60. The van der Waals surface area contributed by atoms with Gasteiger partial charge in [0.15, 0.2) is 0 Å². The predicted molar refractivity (Wildman–Crippen MR) is 70.2 cm³/mol. The molecule has 19 heavy (non-hydrogen) atoms. The Bertz CT molecular complexity index is 422. The molecule has 1 N–H and O–H groups in total. The number of amides is 1. The van der Waals surface area contributed by atoms with Crippen molar-refractivity contribution in [2.45, 2.75) is 12.5 Å². The van der Waals surface area contributed by atoms with Crippen molar-refractivity contribution in [3.63, 3.8) is 0 Å². The fourth-order valence-corrected chi connectivity index (χ4v) is 2.14. The van der Waals surface area contributed by atoms with E-state index in [-0.39, 0.29) is 17.8 Å². The lowest BCUT2D eigenvalue weighted by Gasteiger charge is -2.33. The van der Waals surface area contributed by atoms with Gasteiger partial charge < -0.3 is 15.0 Å². The number of halogens is 1. The monoisotopic (exact) mass is 266 g/mol. The summed E-state index contributed by atoms with van der Waals surface area (Å²) in [6.45, 7) is 2.36. The Balaban J connectivity index is 1.96. The summed E-state index contributed by atoms with van der Waals surface area (Å²) in [5, 5.41) is 2.97. The molecule has 1 heterocycles. The van der Waals surface area contributed by atoms with Crippen LogP contribution in [0.4, 0.5) is 4.39 Å². The van der Waals surface area contributed by atoms with E-state index in [9.17, 15) is 9.18 Å². The van der Waals surface area contributed by atoms with Gasteiger partial charge in [-0.25, -0.2) is 4.39 Å². The fraction of sp³-hybridized carbons (Fsp3) is 0.500. The molecule has 0 radical (unpaired) electrons. The molecule has 0 aliphatic carbocycles. The first kappa shape index (κ1) is 14.0. The SMILES string of the molecule is CNCCC(=O)N1CCOC(c2ccc(F)cc2)C1. The van der Waals surface area contributed by atoms with E-state index < -0.39 is 0 Å². The van der Waals surface area contributed by atoms with Gasteiger partial charge in [-0.15, -0.1) is 0 Å².